The first-order valence-electron chi connectivity index (χ1n) is 3.15. The molecule has 1 saturated carbocycles. The Morgan fingerprint density at radius 1 is 1.75 bits per heavy atom. The van der Waals surface area contributed by atoms with Crippen molar-refractivity contribution in [2.75, 3.05) is 0 Å². The lowest BCUT2D eigenvalue weighted by Gasteiger charge is -2.43. The fourth-order valence-corrected chi connectivity index (χ4v) is 1.41. The second-order valence-corrected chi connectivity index (χ2v) is 2.71. The van der Waals surface area contributed by atoms with E-state index >= 15 is 0 Å². The minimum Gasteiger partial charge on any atom is -0.373 e. The second kappa shape index (κ2) is 1.24. The Labute approximate surface area is 49.0 Å². The maximum atomic E-state index is 4.24. The predicted molar refractivity (Wildman–Crippen MR) is 33.0 cm³/mol. The van der Waals surface area contributed by atoms with E-state index < -0.39 is 0 Å². The lowest BCUT2D eigenvalue weighted by molar-refractivity contribution is 0.197. The van der Waals surface area contributed by atoms with Crippen LogP contribution in [0, 0.1) is 5.92 Å². The number of nitrogens with one attached hydrogen (secondary N) is 1. The number of aliphatic imine (C=N–C) groups is 1. The number of fused-ring (bicyclic) bond motifs is 1. The molecule has 44 valence electrons. The van der Waals surface area contributed by atoms with Crippen molar-refractivity contribution >= 4 is 6.34 Å². The smallest absolute Gasteiger partial charge is 0.0829 e. The highest BCUT2D eigenvalue weighted by molar-refractivity contribution is 5.58. The predicted octanol–water partition coefficient (Wildman–Crippen LogP) is 0.395. The highest BCUT2D eigenvalue weighted by Crippen LogP contribution is 2.31. The van der Waals surface area contributed by atoms with Gasteiger partial charge in [0.15, 0.2) is 0 Å². The van der Waals surface area contributed by atoms with Gasteiger partial charge in [0.2, 0.25) is 0 Å². The van der Waals surface area contributed by atoms with E-state index in [0.29, 0.717) is 6.04 Å². The van der Waals surface area contributed by atoms with Gasteiger partial charge in [-0.25, -0.2) is 0 Å². The molecule has 0 radical (unpaired) electrons. The molecule has 3 rings (SSSR count). The maximum Gasteiger partial charge on any atom is 0.0829 e. The highest BCUT2D eigenvalue weighted by atomic mass is 15.1. The van der Waals surface area contributed by atoms with Crippen LogP contribution < -0.4 is 5.32 Å². The van der Waals surface area contributed by atoms with E-state index in [1.165, 1.54) is 6.42 Å². The van der Waals surface area contributed by atoms with Crippen molar-refractivity contribution in [2.45, 2.75) is 25.4 Å². The molecular formula is C6H10N2. The van der Waals surface area contributed by atoms with E-state index in [9.17, 15) is 0 Å². The molecule has 3 atom stereocenters. The summed E-state index contributed by atoms with van der Waals surface area (Å²) in [7, 11) is 0. The van der Waals surface area contributed by atoms with E-state index in [2.05, 4.69) is 17.2 Å². The van der Waals surface area contributed by atoms with Crippen molar-refractivity contribution < 1.29 is 0 Å². The van der Waals surface area contributed by atoms with Crippen LogP contribution in [0.15, 0.2) is 4.99 Å². The van der Waals surface area contributed by atoms with E-state index in [0.717, 1.165) is 12.0 Å². The van der Waals surface area contributed by atoms with E-state index in [1.54, 1.807) is 0 Å². The quantitative estimate of drug-likeness (QED) is 0.479. The summed E-state index contributed by atoms with van der Waals surface area (Å²) in [6.45, 7) is 2.25. The van der Waals surface area contributed by atoms with Crippen LogP contribution in [0.25, 0.3) is 0 Å². The van der Waals surface area contributed by atoms with Gasteiger partial charge in [0.05, 0.1) is 12.4 Å². The topological polar surface area (TPSA) is 24.4 Å². The van der Waals surface area contributed by atoms with Gasteiger partial charge in [0.1, 0.15) is 0 Å². The van der Waals surface area contributed by atoms with Gasteiger partial charge in [-0.3, -0.25) is 4.99 Å². The average molecular weight is 110 g/mol. The summed E-state index contributed by atoms with van der Waals surface area (Å²) in [5.74, 6) is 0.792. The van der Waals surface area contributed by atoms with Crippen molar-refractivity contribution in [3.8, 4) is 0 Å². The third-order valence-corrected chi connectivity index (χ3v) is 2.29. The molecule has 2 heteroatoms. The van der Waals surface area contributed by atoms with Gasteiger partial charge in [0, 0.05) is 6.04 Å². The Morgan fingerprint density at radius 2 is 2.62 bits per heavy atom. The minimum absolute atomic E-state index is 0.654. The zero-order chi connectivity index (χ0) is 5.56. The van der Waals surface area contributed by atoms with Crippen LogP contribution >= 0.6 is 0 Å². The third-order valence-electron chi connectivity index (χ3n) is 2.29. The summed E-state index contributed by atoms with van der Waals surface area (Å²) >= 11 is 0. The lowest BCUT2D eigenvalue weighted by Crippen LogP contribution is -2.55. The number of hydrogen-bond acceptors (Lipinski definition) is 2. The minimum atomic E-state index is 0.654. The van der Waals surface area contributed by atoms with Gasteiger partial charge < -0.3 is 5.32 Å². The molecule has 2 bridgehead atoms. The van der Waals surface area contributed by atoms with Crippen molar-refractivity contribution in [1.82, 2.24) is 5.32 Å². The Balaban J connectivity index is 2.18. The number of nitrogens with zero attached hydrogens (tertiary/aromatic N) is 1. The molecule has 1 fully saturated rings. The fraction of sp³-hybridized carbons (Fsp3) is 0.833. The molecule has 3 aliphatic rings. The van der Waals surface area contributed by atoms with Crippen LogP contribution in [0.1, 0.15) is 13.3 Å². The van der Waals surface area contributed by atoms with Gasteiger partial charge in [0.25, 0.3) is 0 Å². The van der Waals surface area contributed by atoms with Gasteiger partial charge >= 0.3 is 0 Å². The molecule has 2 aliphatic heterocycles. The molecule has 0 spiro atoms. The molecule has 8 heavy (non-hydrogen) atoms. The largest absolute Gasteiger partial charge is 0.373 e. The zero-order valence-electron chi connectivity index (χ0n) is 4.96. The molecule has 0 aromatic carbocycles. The van der Waals surface area contributed by atoms with Gasteiger partial charge in [-0.05, 0) is 12.3 Å². The molecule has 2 heterocycles. The van der Waals surface area contributed by atoms with Gasteiger partial charge in [-0.1, -0.05) is 6.92 Å². The van der Waals surface area contributed by atoms with Crippen LogP contribution in [-0.2, 0) is 0 Å². The lowest BCUT2D eigenvalue weighted by atomic mass is 9.75. The van der Waals surface area contributed by atoms with Crippen LogP contribution in [0.2, 0.25) is 0 Å². The third kappa shape index (κ3) is 0.358. The first kappa shape index (κ1) is 4.36. The molecule has 2 nitrogen and oxygen atoms in total. The SMILES string of the molecule is CC1C2CC1NC=N2. The molecule has 0 aromatic heterocycles. The summed E-state index contributed by atoms with van der Waals surface area (Å²) in [6, 6.07) is 1.40. The van der Waals surface area contributed by atoms with E-state index in [1.807, 2.05) is 6.34 Å². The fourth-order valence-electron chi connectivity index (χ4n) is 1.41. The normalized spacial score (nSPS) is 49.9. The molecule has 1 N–H and O–H groups in total. The zero-order valence-corrected chi connectivity index (χ0v) is 4.96. The van der Waals surface area contributed by atoms with Crippen molar-refractivity contribution in [3.63, 3.8) is 0 Å². The van der Waals surface area contributed by atoms with Crippen LogP contribution in [0.3, 0.4) is 0 Å². The van der Waals surface area contributed by atoms with Gasteiger partial charge in [-0.15, -0.1) is 0 Å². The monoisotopic (exact) mass is 110 g/mol. The number of hydrogen-bond donors (Lipinski definition) is 1. The van der Waals surface area contributed by atoms with E-state index in [-0.39, 0.29) is 0 Å². The second-order valence-electron chi connectivity index (χ2n) is 2.71. The molecule has 1 aliphatic carbocycles. The van der Waals surface area contributed by atoms with E-state index in [4.69, 9.17) is 0 Å². The molecular weight excluding hydrogens is 100 g/mol. The Bertz CT molecular complexity index is 130. The molecule has 0 saturated heterocycles. The standard InChI is InChI=1S/C6H10N2/c1-4-5-2-6(4)8-3-7-5/h3-6H,2H2,1H3,(H,7,8). The Hall–Kier alpha value is -0.530. The summed E-state index contributed by atoms with van der Waals surface area (Å²) in [5.41, 5.74) is 0. The molecule has 0 amide bonds. The number of rotatable bonds is 0. The van der Waals surface area contributed by atoms with Crippen LogP contribution in [0.4, 0.5) is 0 Å². The Morgan fingerprint density at radius 3 is 2.88 bits per heavy atom. The summed E-state index contributed by atoms with van der Waals surface area (Å²) < 4.78 is 0. The van der Waals surface area contributed by atoms with Crippen molar-refractivity contribution in [2.24, 2.45) is 10.9 Å². The van der Waals surface area contributed by atoms with Crippen LogP contribution in [-0.4, -0.2) is 18.4 Å². The molecule has 0 aromatic rings. The maximum absolute atomic E-state index is 4.24. The summed E-state index contributed by atoms with van der Waals surface area (Å²) in [4.78, 5) is 4.24. The first-order valence-corrected chi connectivity index (χ1v) is 3.15. The summed E-state index contributed by atoms with van der Waals surface area (Å²) in [5, 5.41) is 3.21. The Kier molecular flexibility index (Phi) is 0.678. The summed E-state index contributed by atoms with van der Waals surface area (Å²) in [6.07, 6.45) is 3.11. The molecule has 3 unspecified atom stereocenters. The van der Waals surface area contributed by atoms with Gasteiger partial charge in [-0.2, -0.15) is 0 Å². The first-order chi connectivity index (χ1) is 3.88. The van der Waals surface area contributed by atoms with Crippen molar-refractivity contribution in [1.29, 1.82) is 0 Å². The van der Waals surface area contributed by atoms with Crippen LogP contribution in [0.5, 0.6) is 0 Å². The van der Waals surface area contributed by atoms with Crippen molar-refractivity contribution in [3.05, 3.63) is 0 Å². The highest BCUT2D eigenvalue weighted by Gasteiger charge is 2.38. The average Bonchev–Trinajstić information content (AvgIpc) is 1.89.